The highest BCUT2D eigenvalue weighted by molar-refractivity contribution is 6.30. The Morgan fingerprint density at radius 3 is 2.70 bits per heavy atom. The monoisotopic (exact) mass is 377 g/mol. The van der Waals surface area contributed by atoms with Crippen molar-refractivity contribution < 1.29 is 0 Å². The number of anilines is 1. The van der Waals surface area contributed by atoms with Crippen molar-refractivity contribution in [3.63, 3.8) is 0 Å². The summed E-state index contributed by atoms with van der Waals surface area (Å²) in [4.78, 5) is 16.6. The van der Waals surface area contributed by atoms with Crippen LogP contribution in [0.2, 0.25) is 5.02 Å². The number of hydrogen-bond acceptors (Lipinski definition) is 4. The minimum absolute atomic E-state index is 0.0748. The Morgan fingerprint density at radius 2 is 1.96 bits per heavy atom. The Morgan fingerprint density at radius 1 is 1.15 bits per heavy atom. The molecule has 0 saturated carbocycles. The standard InChI is InChI=1S/C20H16ClN5O/c1-26-10-22-9-15(26)17-18(11-5-7-12(21)8-6-11)23-14-4-2-3-13-16(14)19(17)24-25-20(13)27/h2-10,17-18,23H,1H3,(H,25,27). The maximum Gasteiger partial charge on any atom is 0.272 e. The van der Waals surface area contributed by atoms with Gasteiger partial charge in [0.1, 0.15) is 0 Å². The van der Waals surface area contributed by atoms with Gasteiger partial charge in [-0.15, -0.1) is 0 Å². The van der Waals surface area contributed by atoms with Crippen molar-refractivity contribution in [2.45, 2.75) is 12.0 Å². The fourth-order valence-electron chi connectivity index (χ4n) is 3.92. The van der Waals surface area contributed by atoms with Crippen molar-refractivity contribution in [3.05, 3.63) is 87.3 Å². The Balaban J connectivity index is 1.81. The van der Waals surface area contributed by atoms with Gasteiger partial charge in [0.25, 0.3) is 5.56 Å². The van der Waals surface area contributed by atoms with Crippen LogP contribution in [-0.4, -0.2) is 19.7 Å². The molecule has 3 heterocycles. The summed E-state index contributed by atoms with van der Waals surface area (Å²) in [6.45, 7) is 0. The summed E-state index contributed by atoms with van der Waals surface area (Å²) in [6, 6.07) is 13.4. The molecular weight excluding hydrogens is 362 g/mol. The van der Waals surface area contributed by atoms with Gasteiger partial charge in [-0.3, -0.25) is 4.79 Å². The molecule has 7 heteroatoms. The molecular formula is C20H16ClN5O. The summed E-state index contributed by atoms with van der Waals surface area (Å²) in [5.41, 5.74) is 3.65. The second kappa shape index (κ2) is 5.96. The van der Waals surface area contributed by atoms with E-state index in [0.29, 0.717) is 10.4 Å². The van der Waals surface area contributed by atoms with Crippen molar-refractivity contribution in [2.75, 3.05) is 5.32 Å². The van der Waals surface area contributed by atoms with E-state index in [4.69, 9.17) is 11.6 Å². The molecule has 2 atom stereocenters. The Kier molecular flexibility index (Phi) is 3.55. The zero-order chi connectivity index (χ0) is 18.5. The molecule has 5 rings (SSSR count). The fourth-order valence-corrected chi connectivity index (χ4v) is 4.05. The van der Waals surface area contributed by atoms with Crippen LogP contribution >= 0.6 is 11.6 Å². The third-order valence-electron chi connectivity index (χ3n) is 5.18. The van der Waals surface area contributed by atoms with E-state index in [-0.39, 0.29) is 17.5 Å². The van der Waals surface area contributed by atoms with Crippen molar-refractivity contribution >= 4 is 28.1 Å². The number of imidazole rings is 1. The molecule has 1 aliphatic rings. The molecule has 0 spiro atoms. The van der Waals surface area contributed by atoms with Crippen LogP contribution in [0.3, 0.4) is 0 Å². The SMILES string of the molecule is Cn1cncc1C1c2n[nH]c(=O)c3cccc(c23)NC1c1ccc(Cl)cc1. The van der Waals surface area contributed by atoms with E-state index in [9.17, 15) is 4.79 Å². The molecule has 2 aromatic carbocycles. The summed E-state index contributed by atoms with van der Waals surface area (Å²) in [5.74, 6) is -0.118. The van der Waals surface area contributed by atoms with Crippen LogP contribution in [0.5, 0.6) is 0 Å². The van der Waals surface area contributed by atoms with Crippen molar-refractivity contribution in [1.82, 2.24) is 19.7 Å². The Labute approximate surface area is 159 Å². The predicted octanol–water partition coefficient (Wildman–Crippen LogP) is 3.61. The normalized spacial score (nSPS) is 18.4. The second-order valence-corrected chi connectivity index (χ2v) is 7.18. The van der Waals surface area contributed by atoms with Crippen LogP contribution in [0.4, 0.5) is 5.69 Å². The number of aromatic nitrogens is 4. The van der Waals surface area contributed by atoms with Crippen LogP contribution in [0.1, 0.15) is 28.9 Å². The number of nitrogens with one attached hydrogen (secondary N) is 2. The van der Waals surface area contributed by atoms with Gasteiger partial charge in [-0.05, 0) is 29.8 Å². The number of nitrogens with zero attached hydrogens (tertiary/aromatic N) is 3. The van der Waals surface area contributed by atoms with Gasteiger partial charge < -0.3 is 9.88 Å². The molecule has 1 aliphatic heterocycles. The lowest BCUT2D eigenvalue weighted by molar-refractivity contribution is 0.601. The summed E-state index contributed by atoms with van der Waals surface area (Å²) < 4.78 is 1.99. The summed E-state index contributed by atoms with van der Waals surface area (Å²) in [6.07, 6.45) is 3.62. The van der Waals surface area contributed by atoms with E-state index in [1.165, 1.54) is 0 Å². The van der Waals surface area contributed by atoms with Gasteiger partial charge in [-0.1, -0.05) is 29.8 Å². The largest absolute Gasteiger partial charge is 0.377 e. The molecule has 2 unspecified atom stereocenters. The third kappa shape index (κ3) is 2.44. The molecule has 4 aromatic rings. The predicted molar refractivity (Wildman–Crippen MR) is 105 cm³/mol. The number of aromatic amines is 1. The number of rotatable bonds is 2. The van der Waals surface area contributed by atoms with E-state index < -0.39 is 0 Å². The second-order valence-electron chi connectivity index (χ2n) is 6.75. The van der Waals surface area contributed by atoms with Crippen molar-refractivity contribution in [1.29, 1.82) is 0 Å². The first-order valence-corrected chi connectivity index (χ1v) is 9.01. The first kappa shape index (κ1) is 16.1. The van der Waals surface area contributed by atoms with Crippen molar-refractivity contribution in [3.8, 4) is 0 Å². The number of H-pyrrole nitrogens is 1. The zero-order valence-corrected chi connectivity index (χ0v) is 15.2. The fraction of sp³-hybridized carbons (Fsp3) is 0.150. The molecule has 2 N–H and O–H groups in total. The van der Waals surface area contributed by atoms with Crippen LogP contribution in [0.25, 0.3) is 10.8 Å². The van der Waals surface area contributed by atoms with Crippen LogP contribution in [0, 0.1) is 0 Å². The van der Waals surface area contributed by atoms with E-state index in [2.05, 4.69) is 20.5 Å². The first-order chi connectivity index (χ1) is 13.1. The number of halogens is 1. The van der Waals surface area contributed by atoms with Gasteiger partial charge in [-0.25, -0.2) is 10.1 Å². The van der Waals surface area contributed by atoms with Gasteiger partial charge in [0.15, 0.2) is 0 Å². The van der Waals surface area contributed by atoms with Crippen LogP contribution in [-0.2, 0) is 7.05 Å². The molecule has 0 radical (unpaired) electrons. The van der Waals surface area contributed by atoms with E-state index >= 15 is 0 Å². The lowest BCUT2D eigenvalue weighted by Crippen LogP contribution is -2.29. The zero-order valence-electron chi connectivity index (χ0n) is 14.5. The number of hydrogen-bond donors (Lipinski definition) is 2. The highest BCUT2D eigenvalue weighted by Crippen LogP contribution is 2.46. The molecule has 0 bridgehead atoms. The highest BCUT2D eigenvalue weighted by Gasteiger charge is 2.36. The molecule has 27 heavy (non-hydrogen) atoms. The average molecular weight is 378 g/mol. The quantitative estimate of drug-likeness (QED) is 0.559. The average Bonchev–Trinajstić information content (AvgIpc) is 3.10. The molecule has 6 nitrogen and oxygen atoms in total. The minimum atomic E-state index is -0.189. The summed E-state index contributed by atoms with van der Waals surface area (Å²) in [5, 5.41) is 12.9. The summed E-state index contributed by atoms with van der Waals surface area (Å²) in [7, 11) is 1.96. The number of aryl methyl sites for hydroxylation is 1. The van der Waals surface area contributed by atoms with E-state index in [1.54, 1.807) is 6.33 Å². The van der Waals surface area contributed by atoms with Gasteiger partial charge >= 0.3 is 0 Å². The van der Waals surface area contributed by atoms with E-state index in [0.717, 1.165) is 28.0 Å². The maximum absolute atomic E-state index is 12.3. The molecule has 134 valence electrons. The van der Waals surface area contributed by atoms with Crippen LogP contribution < -0.4 is 10.9 Å². The van der Waals surface area contributed by atoms with Gasteiger partial charge in [0.2, 0.25) is 0 Å². The minimum Gasteiger partial charge on any atom is -0.377 e. The Bertz CT molecular complexity index is 1210. The molecule has 2 aromatic heterocycles. The topological polar surface area (TPSA) is 75.6 Å². The smallest absolute Gasteiger partial charge is 0.272 e. The molecule has 0 fully saturated rings. The van der Waals surface area contributed by atoms with Gasteiger partial charge in [-0.2, -0.15) is 5.10 Å². The molecule has 0 saturated heterocycles. The Hall–Kier alpha value is -3.12. The maximum atomic E-state index is 12.3. The van der Waals surface area contributed by atoms with Gasteiger partial charge in [0.05, 0.1) is 29.4 Å². The molecule has 0 amide bonds. The summed E-state index contributed by atoms with van der Waals surface area (Å²) >= 11 is 6.09. The van der Waals surface area contributed by atoms with Crippen LogP contribution in [0.15, 0.2) is 59.8 Å². The van der Waals surface area contributed by atoms with E-state index in [1.807, 2.05) is 60.3 Å². The van der Waals surface area contributed by atoms with Crippen molar-refractivity contribution in [2.24, 2.45) is 7.05 Å². The highest BCUT2D eigenvalue weighted by atomic mass is 35.5. The third-order valence-corrected chi connectivity index (χ3v) is 5.44. The van der Waals surface area contributed by atoms with Gasteiger partial charge in [0, 0.05) is 35.0 Å². The number of benzene rings is 2. The first-order valence-electron chi connectivity index (χ1n) is 8.63. The lowest BCUT2D eigenvalue weighted by atomic mass is 9.82. The lowest BCUT2D eigenvalue weighted by Gasteiger charge is -2.34. The molecule has 0 aliphatic carbocycles.